The van der Waals surface area contributed by atoms with E-state index < -0.39 is 0 Å². The van der Waals surface area contributed by atoms with Gasteiger partial charge < -0.3 is 15.2 Å². The van der Waals surface area contributed by atoms with Crippen LogP contribution in [-0.4, -0.2) is 59.3 Å². The molecule has 1 aliphatic heterocycles. The van der Waals surface area contributed by atoms with E-state index in [1.807, 2.05) is 40.3 Å². The van der Waals surface area contributed by atoms with E-state index in [9.17, 15) is 14.0 Å². The Balaban J connectivity index is 1.26. The monoisotopic (exact) mass is 394 g/mol. The lowest BCUT2D eigenvalue weighted by Gasteiger charge is -2.34. The second kappa shape index (κ2) is 8.45. The summed E-state index contributed by atoms with van der Waals surface area (Å²) in [4.78, 5) is 32.0. The van der Waals surface area contributed by atoms with Crippen molar-refractivity contribution in [3.05, 3.63) is 66.1 Å². The van der Waals surface area contributed by atoms with Crippen molar-refractivity contribution in [1.82, 2.24) is 14.8 Å². The van der Waals surface area contributed by atoms with Gasteiger partial charge in [-0.2, -0.15) is 0 Å². The van der Waals surface area contributed by atoms with Gasteiger partial charge in [-0.25, -0.2) is 4.39 Å². The van der Waals surface area contributed by atoms with E-state index in [-0.39, 0.29) is 24.2 Å². The molecule has 4 rings (SSSR count). The summed E-state index contributed by atoms with van der Waals surface area (Å²) >= 11 is 0. The van der Waals surface area contributed by atoms with Gasteiger partial charge in [-0.15, -0.1) is 0 Å². The van der Waals surface area contributed by atoms with Crippen LogP contribution in [0.25, 0.3) is 10.9 Å². The number of benzene rings is 2. The molecule has 6 nitrogen and oxygen atoms in total. The zero-order valence-corrected chi connectivity index (χ0v) is 16.0. The van der Waals surface area contributed by atoms with Gasteiger partial charge >= 0.3 is 0 Å². The first-order chi connectivity index (χ1) is 14.1. The SMILES string of the molecule is O=C(CN1CCN(C(=O)Cc2c[nH]c3ccccc23)CC1)Nc1ccc(F)cc1. The van der Waals surface area contributed by atoms with E-state index in [0.717, 1.165) is 16.5 Å². The number of halogens is 1. The average molecular weight is 394 g/mol. The zero-order chi connectivity index (χ0) is 20.2. The number of H-pyrrole nitrogens is 1. The molecule has 3 aromatic rings. The summed E-state index contributed by atoms with van der Waals surface area (Å²) in [5.74, 6) is -0.378. The summed E-state index contributed by atoms with van der Waals surface area (Å²) in [6.45, 7) is 2.75. The van der Waals surface area contributed by atoms with Gasteiger partial charge in [0.2, 0.25) is 11.8 Å². The van der Waals surface area contributed by atoms with Crippen LogP contribution in [0.2, 0.25) is 0 Å². The minimum Gasteiger partial charge on any atom is -0.361 e. The normalized spacial score (nSPS) is 14.9. The summed E-state index contributed by atoms with van der Waals surface area (Å²) < 4.78 is 12.9. The first-order valence-electron chi connectivity index (χ1n) is 9.69. The van der Waals surface area contributed by atoms with Crippen LogP contribution in [0.15, 0.2) is 54.7 Å². The zero-order valence-electron chi connectivity index (χ0n) is 16.0. The smallest absolute Gasteiger partial charge is 0.238 e. The van der Waals surface area contributed by atoms with Crippen molar-refractivity contribution in [2.75, 3.05) is 38.0 Å². The molecule has 1 aromatic heterocycles. The van der Waals surface area contributed by atoms with Crippen molar-refractivity contribution in [1.29, 1.82) is 0 Å². The Kier molecular flexibility index (Phi) is 5.57. The Bertz CT molecular complexity index is 1010. The second-order valence-electron chi connectivity index (χ2n) is 7.25. The fourth-order valence-electron chi connectivity index (χ4n) is 3.64. The van der Waals surface area contributed by atoms with E-state index >= 15 is 0 Å². The molecular weight excluding hydrogens is 371 g/mol. The highest BCUT2D eigenvalue weighted by Gasteiger charge is 2.23. The number of rotatable bonds is 5. The van der Waals surface area contributed by atoms with E-state index in [2.05, 4.69) is 10.3 Å². The molecule has 0 unspecified atom stereocenters. The van der Waals surface area contributed by atoms with E-state index in [0.29, 0.717) is 38.3 Å². The van der Waals surface area contributed by atoms with Crippen molar-refractivity contribution >= 4 is 28.4 Å². The van der Waals surface area contributed by atoms with Crippen molar-refractivity contribution in [2.45, 2.75) is 6.42 Å². The first-order valence-corrected chi connectivity index (χ1v) is 9.69. The third-order valence-corrected chi connectivity index (χ3v) is 5.24. The van der Waals surface area contributed by atoms with Gasteiger partial charge in [-0.05, 0) is 35.9 Å². The lowest BCUT2D eigenvalue weighted by molar-refractivity contribution is -0.132. The van der Waals surface area contributed by atoms with Gasteiger partial charge in [0.1, 0.15) is 5.82 Å². The van der Waals surface area contributed by atoms with E-state index in [1.54, 1.807) is 0 Å². The number of hydrogen-bond acceptors (Lipinski definition) is 3. The van der Waals surface area contributed by atoms with Crippen molar-refractivity contribution in [3.8, 4) is 0 Å². The van der Waals surface area contributed by atoms with Crippen LogP contribution in [-0.2, 0) is 16.0 Å². The van der Waals surface area contributed by atoms with Crippen LogP contribution in [0.4, 0.5) is 10.1 Å². The van der Waals surface area contributed by atoms with Crippen molar-refractivity contribution < 1.29 is 14.0 Å². The number of anilines is 1. The Morgan fingerprint density at radius 2 is 1.72 bits per heavy atom. The molecular formula is C22H23FN4O2. The van der Waals surface area contributed by atoms with Crippen LogP contribution in [0.3, 0.4) is 0 Å². The number of nitrogens with zero attached hydrogens (tertiary/aromatic N) is 2. The highest BCUT2D eigenvalue weighted by molar-refractivity contribution is 5.92. The number of piperazine rings is 1. The number of amides is 2. The quantitative estimate of drug-likeness (QED) is 0.699. The molecule has 2 aromatic carbocycles. The molecule has 0 radical (unpaired) electrons. The standard InChI is InChI=1S/C22H23FN4O2/c23-17-5-7-18(8-6-17)25-21(28)15-26-9-11-27(12-10-26)22(29)13-16-14-24-20-4-2-1-3-19(16)20/h1-8,14,24H,9-13,15H2,(H,25,28). The summed E-state index contributed by atoms with van der Waals surface area (Å²) in [6, 6.07) is 13.7. The Hall–Kier alpha value is -3.19. The molecule has 0 atom stereocenters. The van der Waals surface area contributed by atoms with Crippen molar-refractivity contribution in [3.63, 3.8) is 0 Å². The van der Waals surface area contributed by atoms with Crippen molar-refractivity contribution in [2.24, 2.45) is 0 Å². The third-order valence-electron chi connectivity index (χ3n) is 5.24. The summed E-state index contributed by atoms with van der Waals surface area (Å²) in [5.41, 5.74) is 2.61. The van der Waals surface area contributed by atoms with Gasteiger partial charge in [0.25, 0.3) is 0 Å². The molecule has 150 valence electrons. The minimum atomic E-state index is -0.337. The largest absolute Gasteiger partial charge is 0.361 e. The molecule has 29 heavy (non-hydrogen) atoms. The number of para-hydroxylation sites is 1. The molecule has 2 amide bonds. The number of hydrogen-bond donors (Lipinski definition) is 2. The molecule has 1 saturated heterocycles. The third kappa shape index (κ3) is 4.63. The highest BCUT2D eigenvalue weighted by Crippen LogP contribution is 2.19. The molecule has 0 spiro atoms. The molecule has 7 heteroatoms. The van der Waals surface area contributed by atoms with E-state index in [4.69, 9.17) is 0 Å². The topological polar surface area (TPSA) is 68.4 Å². The lowest BCUT2D eigenvalue weighted by atomic mass is 10.1. The highest BCUT2D eigenvalue weighted by atomic mass is 19.1. The molecule has 2 N–H and O–H groups in total. The van der Waals surface area contributed by atoms with E-state index in [1.165, 1.54) is 24.3 Å². The fourth-order valence-corrected chi connectivity index (χ4v) is 3.64. The van der Waals surface area contributed by atoms with Crippen LogP contribution >= 0.6 is 0 Å². The maximum absolute atomic E-state index is 12.9. The average Bonchev–Trinajstić information content (AvgIpc) is 3.13. The summed E-state index contributed by atoms with van der Waals surface area (Å²) in [7, 11) is 0. The van der Waals surface area contributed by atoms with Crippen LogP contribution < -0.4 is 5.32 Å². The lowest BCUT2D eigenvalue weighted by Crippen LogP contribution is -2.50. The maximum Gasteiger partial charge on any atom is 0.238 e. The fraction of sp³-hybridized carbons (Fsp3) is 0.273. The molecule has 0 saturated carbocycles. The number of carbonyl (C=O) groups excluding carboxylic acids is 2. The summed E-state index contributed by atoms with van der Waals surface area (Å²) in [5, 5.41) is 3.85. The first kappa shape index (κ1) is 19.1. The number of aromatic amines is 1. The predicted octanol–water partition coefficient (Wildman–Crippen LogP) is 2.63. The van der Waals surface area contributed by atoms with Crippen LogP contribution in [0.5, 0.6) is 0 Å². The molecule has 1 fully saturated rings. The maximum atomic E-state index is 12.9. The Morgan fingerprint density at radius 1 is 1.00 bits per heavy atom. The minimum absolute atomic E-state index is 0.102. The molecule has 0 aliphatic carbocycles. The number of aromatic nitrogens is 1. The Labute approximate surface area is 168 Å². The predicted molar refractivity (Wildman–Crippen MR) is 110 cm³/mol. The van der Waals surface area contributed by atoms with Gasteiger partial charge in [-0.1, -0.05) is 18.2 Å². The molecule has 0 bridgehead atoms. The van der Waals surface area contributed by atoms with Crippen LogP contribution in [0.1, 0.15) is 5.56 Å². The van der Waals surface area contributed by atoms with Gasteiger partial charge in [0.15, 0.2) is 0 Å². The van der Waals surface area contributed by atoms with Gasteiger partial charge in [0, 0.05) is 49.0 Å². The number of nitrogens with one attached hydrogen (secondary N) is 2. The number of fused-ring (bicyclic) bond motifs is 1. The Morgan fingerprint density at radius 3 is 2.48 bits per heavy atom. The van der Waals surface area contributed by atoms with Crippen LogP contribution in [0, 0.1) is 5.82 Å². The molecule has 1 aliphatic rings. The molecule has 2 heterocycles. The van der Waals surface area contributed by atoms with Gasteiger partial charge in [0.05, 0.1) is 13.0 Å². The second-order valence-corrected chi connectivity index (χ2v) is 7.25. The van der Waals surface area contributed by atoms with Gasteiger partial charge in [-0.3, -0.25) is 14.5 Å². The number of carbonyl (C=O) groups is 2. The summed E-state index contributed by atoms with van der Waals surface area (Å²) in [6.07, 6.45) is 2.27.